The molecule has 0 aromatic heterocycles. The Morgan fingerprint density at radius 1 is 1.40 bits per heavy atom. The second kappa shape index (κ2) is 5.33. The molecular formula is C9H14N2O4. The van der Waals surface area contributed by atoms with Gasteiger partial charge < -0.3 is 15.2 Å². The average molecular weight is 214 g/mol. The van der Waals surface area contributed by atoms with Crippen molar-refractivity contribution in [1.82, 2.24) is 0 Å². The van der Waals surface area contributed by atoms with Gasteiger partial charge >= 0.3 is 5.97 Å². The Kier molecular flexibility index (Phi) is 4.08. The van der Waals surface area contributed by atoms with Gasteiger partial charge in [0.2, 0.25) is 5.71 Å². The summed E-state index contributed by atoms with van der Waals surface area (Å²) in [6, 6.07) is 0. The summed E-state index contributed by atoms with van der Waals surface area (Å²) in [6.07, 6.45) is 2.68. The van der Waals surface area contributed by atoms with Gasteiger partial charge in [-0.2, -0.15) is 0 Å². The van der Waals surface area contributed by atoms with Crippen molar-refractivity contribution in [2.24, 2.45) is 16.2 Å². The van der Waals surface area contributed by atoms with Crippen molar-refractivity contribution in [3.05, 3.63) is 0 Å². The van der Waals surface area contributed by atoms with E-state index in [0.29, 0.717) is 0 Å². The number of hydrogen-bond donors (Lipinski definition) is 2. The van der Waals surface area contributed by atoms with Crippen LogP contribution in [0.5, 0.6) is 0 Å². The summed E-state index contributed by atoms with van der Waals surface area (Å²) < 4.78 is 4.67. The number of carbonyl (C=O) groups is 1. The number of ether oxygens (including phenoxy) is 1. The Hall–Kier alpha value is -1.59. The molecule has 0 saturated heterocycles. The number of hydrogen-bond acceptors (Lipinski definition) is 6. The number of esters is 1. The van der Waals surface area contributed by atoms with E-state index in [1.165, 1.54) is 0 Å². The highest BCUT2D eigenvalue weighted by Crippen LogP contribution is 2.28. The Bertz CT molecular complexity index is 294. The highest BCUT2D eigenvalue weighted by Gasteiger charge is 2.32. The van der Waals surface area contributed by atoms with E-state index in [-0.39, 0.29) is 23.9 Å². The first-order valence-electron chi connectivity index (χ1n) is 4.86. The fraction of sp³-hybridized carbons (Fsp3) is 0.667. The molecule has 0 spiro atoms. The van der Waals surface area contributed by atoms with E-state index in [1.807, 2.05) is 0 Å². The molecule has 1 fully saturated rings. The van der Waals surface area contributed by atoms with Crippen LogP contribution in [0.2, 0.25) is 0 Å². The summed E-state index contributed by atoms with van der Waals surface area (Å²) in [5.41, 5.74) is -0.189. The van der Waals surface area contributed by atoms with Gasteiger partial charge in [-0.3, -0.25) is 0 Å². The van der Waals surface area contributed by atoms with Crippen molar-refractivity contribution in [3.63, 3.8) is 0 Å². The Balaban J connectivity index is 2.76. The lowest BCUT2D eigenvalue weighted by atomic mass is 9.80. The molecule has 1 rings (SSSR count). The standard InChI is InChI=1S/C9H14N2O4/c1-2-15-9(12)8(11-14)7(10-13)6-4-3-5-6/h6,13-14H,2-5H2,1H3/b10-7+,11-8-. The molecule has 0 amide bonds. The van der Waals surface area contributed by atoms with Crippen LogP contribution in [0.1, 0.15) is 26.2 Å². The second-order valence-electron chi connectivity index (χ2n) is 3.28. The van der Waals surface area contributed by atoms with Crippen LogP contribution in [0.4, 0.5) is 0 Å². The molecule has 1 aliphatic rings. The van der Waals surface area contributed by atoms with Crippen molar-refractivity contribution >= 4 is 17.4 Å². The first-order valence-corrected chi connectivity index (χ1v) is 4.86. The van der Waals surface area contributed by atoms with Crippen molar-refractivity contribution in [2.45, 2.75) is 26.2 Å². The average Bonchev–Trinajstić information content (AvgIpc) is 2.15. The summed E-state index contributed by atoms with van der Waals surface area (Å²) in [5.74, 6) is -0.773. The summed E-state index contributed by atoms with van der Waals surface area (Å²) in [5, 5.41) is 23.3. The maximum atomic E-state index is 11.3. The molecule has 2 N–H and O–H groups in total. The van der Waals surface area contributed by atoms with Gasteiger partial charge in [-0.15, -0.1) is 0 Å². The monoisotopic (exact) mass is 214 g/mol. The normalized spacial score (nSPS) is 18.5. The van der Waals surface area contributed by atoms with E-state index in [2.05, 4.69) is 15.0 Å². The zero-order chi connectivity index (χ0) is 11.3. The third-order valence-electron chi connectivity index (χ3n) is 2.41. The maximum Gasteiger partial charge on any atom is 0.362 e. The van der Waals surface area contributed by atoms with E-state index in [9.17, 15) is 4.79 Å². The van der Waals surface area contributed by atoms with Gasteiger partial charge in [-0.05, 0) is 19.8 Å². The first kappa shape index (κ1) is 11.5. The van der Waals surface area contributed by atoms with Crippen molar-refractivity contribution in [1.29, 1.82) is 0 Å². The van der Waals surface area contributed by atoms with Gasteiger partial charge in [-0.25, -0.2) is 4.79 Å². The number of nitrogens with zero attached hydrogens (tertiary/aromatic N) is 2. The quantitative estimate of drug-likeness (QED) is 0.316. The number of rotatable bonds is 4. The third-order valence-corrected chi connectivity index (χ3v) is 2.41. The minimum absolute atomic E-state index is 0.00898. The molecule has 0 aromatic carbocycles. The van der Waals surface area contributed by atoms with Crippen molar-refractivity contribution < 1.29 is 19.9 Å². The molecule has 0 radical (unpaired) electrons. The lowest BCUT2D eigenvalue weighted by Crippen LogP contribution is -2.35. The van der Waals surface area contributed by atoms with Crippen LogP contribution in [0.25, 0.3) is 0 Å². The molecule has 0 unspecified atom stereocenters. The fourth-order valence-electron chi connectivity index (χ4n) is 1.40. The lowest BCUT2D eigenvalue weighted by molar-refractivity contribution is -0.135. The predicted molar refractivity (Wildman–Crippen MR) is 52.4 cm³/mol. The Labute approximate surface area is 87.2 Å². The topological polar surface area (TPSA) is 91.5 Å². The van der Waals surface area contributed by atoms with Gasteiger partial charge in [-0.1, -0.05) is 16.7 Å². The van der Waals surface area contributed by atoms with Crippen molar-refractivity contribution in [3.8, 4) is 0 Å². The molecule has 0 heterocycles. The summed E-state index contributed by atoms with van der Waals surface area (Å²) in [7, 11) is 0. The molecular weight excluding hydrogens is 200 g/mol. The van der Waals surface area contributed by atoms with Crippen LogP contribution >= 0.6 is 0 Å². The summed E-state index contributed by atoms with van der Waals surface area (Å²) in [6.45, 7) is 1.83. The minimum atomic E-state index is -0.764. The Morgan fingerprint density at radius 2 is 2.07 bits per heavy atom. The molecule has 0 aliphatic heterocycles. The molecule has 1 saturated carbocycles. The summed E-state index contributed by atoms with van der Waals surface area (Å²) >= 11 is 0. The molecule has 6 heteroatoms. The highest BCUT2D eigenvalue weighted by molar-refractivity contribution is 6.66. The zero-order valence-electron chi connectivity index (χ0n) is 8.51. The van der Waals surface area contributed by atoms with Crippen LogP contribution in [-0.2, 0) is 9.53 Å². The molecule has 1 aliphatic carbocycles. The van der Waals surface area contributed by atoms with Gasteiger partial charge in [0, 0.05) is 5.92 Å². The SMILES string of the molecule is CCOC(=O)C(=N\O)/C(=N/O)C1CCC1. The van der Waals surface area contributed by atoms with Crippen molar-refractivity contribution in [2.75, 3.05) is 6.61 Å². The van der Waals surface area contributed by atoms with E-state index < -0.39 is 5.97 Å². The van der Waals surface area contributed by atoms with Crippen LogP contribution in [0.3, 0.4) is 0 Å². The van der Waals surface area contributed by atoms with E-state index >= 15 is 0 Å². The van der Waals surface area contributed by atoms with Gasteiger partial charge in [0.1, 0.15) is 5.71 Å². The Morgan fingerprint density at radius 3 is 2.40 bits per heavy atom. The number of carbonyl (C=O) groups excluding carboxylic acids is 1. The van der Waals surface area contributed by atoms with Gasteiger partial charge in [0.05, 0.1) is 6.61 Å². The largest absolute Gasteiger partial charge is 0.461 e. The van der Waals surface area contributed by atoms with Crippen LogP contribution in [0.15, 0.2) is 10.3 Å². The van der Waals surface area contributed by atoms with Gasteiger partial charge in [0.25, 0.3) is 0 Å². The third kappa shape index (κ3) is 2.45. The summed E-state index contributed by atoms with van der Waals surface area (Å²) in [4.78, 5) is 11.3. The maximum absolute atomic E-state index is 11.3. The lowest BCUT2D eigenvalue weighted by Gasteiger charge is -2.25. The van der Waals surface area contributed by atoms with E-state index in [0.717, 1.165) is 19.3 Å². The predicted octanol–water partition coefficient (Wildman–Crippen LogP) is 1.01. The molecule has 0 atom stereocenters. The molecule has 15 heavy (non-hydrogen) atoms. The minimum Gasteiger partial charge on any atom is -0.461 e. The van der Waals surface area contributed by atoms with Crippen LogP contribution in [-0.4, -0.2) is 34.4 Å². The fourth-order valence-corrected chi connectivity index (χ4v) is 1.40. The van der Waals surface area contributed by atoms with E-state index in [1.54, 1.807) is 6.92 Å². The molecule has 84 valence electrons. The second-order valence-corrected chi connectivity index (χ2v) is 3.28. The number of oxime groups is 2. The molecule has 0 bridgehead atoms. The van der Waals surface area contributed by atoms with Crippen LogP contribution < -0.4 is 0 Å². The molecule has 6 nitrogen and oxygen atoms in total. The highest BCUT2D eigenvalue weighted by atomic mass is 16.5. The molecule has 0 aromatic rings. The zero-order valence-corrected chi connectivity index (χ0v) is 8.51. The van der Waals surface area contributed by atoms with Gasteiger partial charge in [0.15, 0.2) is 0 Å². The van der Waals surface area contributed by atoms with E-state index in [4.69, 9.17) is 10.4 Å². The smallest absolute Gasteiger partial charge is 0.362 e. The van der Waals surface area contributed by atoms with Crippen LogP contribution in [0, 0.1) is 5.92 Å². The first-order chi connectivity index (χ1) is 7.24.